The summed E-state index contributed by atoms with van der Waals surface area (Å²) in [5.74, 6) is -0.359. The van der Waals surface area contributed by atoms with Gasteiger partial charge in [-0.05, 0) is 6.07 Å². The second-order valence-corrected chi connectivity index (χ2v) is 9.01. The summed E-state index contributed by atoms with van der Waals surface area (Å²) in [6, 6.07) is 1.20. The number of sulfone groups is 1. The van der Waals surface area contributed by atoms with Gasteiger partial charge in [0.05, 0.1) is 16.5 Å². The van der Waals surface area contributed by atoms with Crippen LogP contribution in [0.2, 0.25) is 10.2 Å². The molecule has 0 unspecified atom stereocenters. The number of rotatable bonds is 2. The van der Waals surface area contributed by atoms with Crippen LogP contribution in [0.4, 0.5) is 0 Å². The first-order valence-electron chi connectivity index (χ1n) is 5.24. The van der Waals surface area contributed by atoms with Gasteiger partial charge in [-0.15, -0.1) is 0 Å². The average molecular weight is 345 g/mol. The Balaban J connectivity index is 2.30. The minimum Gasteiger partial charge on any atom is -0.242 e. The van der Waals surface area contributed by atoms with Gasteiger partial charge in [0.1, 0.15) is 10.0 Å². The van der Waals surface area contributed by atoms with Crippen LogP contribution in [0.5, 0.6) is 0 Å². The SMILES string of the molecule is O=S1(=O)CCN(S(=O)(=O)c2cnc(Cl)c(Cl)c2)CC1. The van der Waals surface area contributed by atoms with E-state index in [1.807, 2.05) is 0 Å². The van der Waals surface area contributed by atoms with Gasteiger partial charge in [0, 0.05) is 19.3 Å². The highest BCUT2D eigenvalue weighted by molar-refractivity contribution is 7.92. The van der Waals surface area contributed by atoms with Gasteiger partial charge in [0.2, 0.25) is 10.0 Å². The first-order chi connectivity index (χ1) is 8.72. The molecule has 0 radical (unpaired) electrons. The second-order valence-electron chi connectivity index (χ2n) is 4.00. The van der Waals surface area contributed by atoms with E-state index >= 15 is 0 Å². The van der Waals surface area contributed by atoms with E-state index in [9.17, 15) is 16.8 Å². The Morgan fingerprint density at radius 3 is 2.32 bits per heavy atom. The highest BCUT2D eigenvalue weighted by Gasteiger charge is 2.31. The van der Waals surface area contributed by atoms with E-state index in [0.29, 0.717) is 0 Å². The molecule has 19 heavy (non-hydrogen) atoms. The lowest BCUT2D eigenvalue weighted by Gasteiger charge is -2.25. The van der Waals surface area contributed by atoms with Crippen LogP contribution >= 0.6 is 23.2 Å². The van der Waals surface area contributed by atoms with Crippen molar-refractivity contribution in [3.63, 3.8) is 0 Å². The molecular formula is C9H10Cl2N2O4S2. The van der Waals surface area contributed by atoms with Gasteiger partial charge in [0.15, 0.2) is 9.84 Å². The summed E-state index contributed by atoms with van der Waals surface area (Å²) in [6.07, 6.45) is 1.10. The maximum absolute atomic E-state index is 12.3. The third kappa shape index (κ3) is 3.19. The molecule has 1 aliphatic rings. The van der Waals surface area contributed by atoms with Crippen molar-refractivity contribution in [3.8, 4) is 0 Å². The summed E-state index contributed by atoms with van der Waals surface area (Å²) in [6.45, 7) is -0.129. The zero-order chi connectivity index (χ0) is 14.3. The summed E-state index contributed by atoms with van der Waals surface area (Å²) in [7, 11) is -6.93. The van der Waals surface area contributed by atoms with E-state index in [1.54, 1.807) is 0 Å². The topological polar surface area (TPSA) is 84.4 Å². The summed E-state index contributed by atoms with van der Waals surface area (Å²) in [5, 5.41) is 0.0502. The van der Waals surface area contributed by atoms with Gasteiger partial charge < -0.3 is 0 Å². The van der Waals surface area contributed by atoms with Crippen molar-refractivity contribution in [1.82, 2.24) is 9.29 Å². The van der Waals surface area contributed by atoms with E-state index in [-0.39, 0.29) is 39.7 Å². The van der Waals surface area contributed by atoms with Crippen LogP contribution in [0.3, 0.4) is 0 Å². The highest BCUT2D eigenvalue weighted by atomic mass is 35.5. The van der Waals surface area contributed by atoms with Gasteiger partial charge >= 0.3 is 0 Å². The molecule has 0 saturated carbocycles. The zero-order valence-electron chi connectivity index (χ0n) is 9.58. The van der Waals surface area contributed by atoms with Crippen LogP contribution in [0.25, 0.3) is 0 Å². The number of hydrogen-bond acceptors (Lipinski definition) is 5. The molecule has 2 rings (SSSR count). The molecule has 0 bridgehead atoms. The van der Waals surface area contributed by atoms with Gasteiger partial charge in [-0.25, -0.2) is 21.8 Å². The maximum Gasteiger partial charge on any atom is 0.244 e. The maximum atomic E-state index is 12.3. The van der Waals surface area contributed by atoms with Crippen molar-refractivity contribution in [1.29, 1.82) is 0 Å². The largest absolute Gasteiger partial charge is 0.244 e. The molecule has 106 valence electrons. The highest BCUT2D eigenvalue weighted by Crippen LogP contribution is 2.24. The molecule has 0 aromatic carbocycles. The third-order valence-electron chi connectivity index (χ3n) is 2.71. The average Bonchev–Trinajstić information content (AvgIpc) is 2.32. The van der Waals surface area contributed by atoms with Crippen molar-refractivity contribution in [2.45, 2.75) is 4.90 Å². The van der Waals surface area contributed by atoms with Crippen LogP contribution in [0, 0.1) is 0 Å². The first kappa shape index (κ1) is 15.0. The van der Waals surface area contributed by atoms with Crippen LogP contribution < -0.4 is 0 Å². The molecule has 0 aliphatic carbocycles. The van der Waals surface area contributed by atoms with Crippen molar-refractivity contribution < 1.29 is 16.8 Å². The number of nitrogens with zero attached hydrogens (tertiary/aromatic N) is 2. The first-order valence-corrected chi connectivity index (χ1v) is 9.26. The van der Waals surface area contributed by atoms with Gasteiger partial charge in [-0.2, -0.15) is 4.31 Å². The second kappa shape index (κ2) is 5.17. The standard InChI is InChI=1S/C9H10Cl2N2O4S2/c10-8-5-7(6-12-9(8)11)19(16,17)13-1-3-18(14,15)4-2-13/h5-6H,1-4H2. The number of aromatic nitrogens is 1. The van der Waals surface area contributed by atoms with E-state index < -0.39 is 19.9 Å². The predicted molar refractivity (Wildman–Crippen MR) is 71.7 cm³/mol. The number of pyridine rings is 1. The smallest absolute Gasteiger partial charge is 0.242 e. The monoisotopic (exact) mass is 344 g/mol. The number of halogens is 2. The minimum absolute atomic E-state index is 0.0156. The molecular weight excluding hydrogens is 335 g/mol. The molecule has 1 aliphatic heterocycles. The zero-order valence-corrected chi connectivity index (χ0v) is 12.7. The molecule has 1 aromatic heterocycles. The molecule has 0 atom stereocenters. The van der Waals surface area contributed by atoms with Gasteiger partial charge in [-0.1, -0.05) is 23.2 Å². The Morgan fingerprint density at radius 2 is 1.79 bits per heavy atom. The third-order valence-corrected chi connectivity index (χ3v) is 6.87. The molecule has 1 saturated heterocycles. The molecule has 6 nitrogen and oxygen atoms in total. The predicted octanol–water partition coefficient (Wildman–Crippen LogP) is 0.808. The molecule has 10 heteroatoms. The fourth-order valence-corrected chi connectivity index (χ4v) is 4.81. The number of hydrogen-bond donors (Lipinski definition) is 0. The lowest BCUT2D eigenvalue weighted by atomic mass is 10.5. The van der Waals surface area contributed by atoms with Crippen molar-refractivity contribution >= 4 is 43.1 Å². The van der Waals surface area contributed by atoms with E-state index in [4.69, 9.17) is 23.2 Å². The van der Waals surface area contributed by atoms with Crippen LogP contribution in [0.15, 0.2) is 17.2 Å². The van der Waals surface area contributed by atoms with E-state index in [2.05, 4.69) is 4.98 Å². The fraction of sp³-hybridized carbons (Fsp3) is 0.444. The molecule has 2 heterocycles. The Morgan fingerprint density at radius 1 is 1.21 bits per heavy atom. The van der Waals surface area contributed by atoms with Crippen LogP contribution in [-0.2, 0) is 19.9 Å². The molecule has 0 amide bonds. The van der Waals surface area contributed by atoms with Crippen molar-refractivity contribution in [2.75, 3.05) is 24.6 Å². The lowest BCUT2D eigenvalue weighted by Crippen LogP contribution is -2.43. The van der Waals surface area contributed by atoms with Crippen molar-refractivity contribution in [2.24, 2.45) is 0 Å². The van der Waals surface area contributed by atoms with E-state index in [1.165, 1.54) is 6.07 Å². The Bertz CT molecular complexity index is 689. The van der Waals surface area contributed by atoms with Gasteiger partial charge in [-0.3, -0.25) is 0 Å². The fourth-order valence-electron chi connectivity index (χ4n) is 1.63. The number of sulfonamides is 1. The molecule has 0 N–H and O–H groups in total. The van der Waals surface area contributed by atoms with Crippen molar-refractivity contribution in [3.05, 3.63) is 22.4 Å². The van der Waals surface area contributed by atoms with Crippen LogP contribution in [0.1, 0.15) is 0 Å². The summed E-state index contributed by atoms with van der Waals surface area (Å²) in [4.78, 5) is 3.58. The van der Waals surface area contributed by atoms with Gasteiger partial charge in [0.25, 0.3) is 0 Å². The quantitative estimate of drug-likeness (QED) is 0.741. The normalized spacial score (nSPS) is 20.3. The molecule has 1 aromatic rings. The molecule has 0 spiro atoms. The van der Waals surface area contributed by atoms with E-state index in [0.717, 1.165) is 10.5 Å². The Labute approximate surface area is 121 Å². The minimum atomic E-state index is -3.79. The summed E-state index contributed by atoms with van der Waals surface area (Å²) in [5.41, 5.74) is 0. The summed E-state index contributed by atoms with van der Waals surface area (Å²) >= 11 is 11.4. The molecule has 1 fully saturated rings. The summed E-state index contributed by atoms with van der Waals surface area (Å²) < 4.78 is 48.2. The lowest BCUT2D eigenvalue weighted by molar-refractivity contribution is 0.430. The Kier molecular flexibility index (Phi) is 4.08. The van der Waals surface area contributed by atoms with Crippen LogP contribution in [-0.4, -0.2) is 50.7 Å². The Hall–Kier alpha value is -0.410.